The van der Waals surface area contributed by atoms with Crippen LogP contribution in [0.3, 0.4) is 0 Å². The molecule has 34 heavy (non-hydrogen) atoms. The minimum absolute atomic E-state index is 0.0486. The number of pyridine rings is 1. The molecule has 0 unspecified atom stereocenters. The molecule has 4 N–H and O–H groups in total. The van der Waals surface area contributed by atoms with Gasteiger partial charge in [-0.3, -0.25) is 9.59 Å². The van der Waals surface area contributed by atoms with Crippen molar-refractivity contribution in [2.24, 2.45) is 5.73 Å². The lowest BCUT2D eigenvalue weighted by atomic mass is 9.98. The number of benzene rings is 1. The second-order valence-electron chi connectivity index (χ2n) is 8.60. The van der Waals surface area contributed by atoms with Gasteiger partial charge in [0.1, 0.15) is 12.3 Å². The van der Waals surface area contributed by atoms with E-state index in [0.29, 0.717) is 52.8 Å². The van der Waals surface area contributed by atoms with Crippen molar-refractivity contribution in [2.45, 2.75) is 51.9 Å². The van der Waals surface area contributed by atoms with Crippen molar-refractivity contribution in [3.63, 3.8) is 0 Å². The number of hydrogen-bond acceptors (Lipinski definition) is 4. The van der Waals surface area contributed by atoms with Gasteiger partial charge < -0.3 is 25.6 Å². The van der Waals surface area contributed by atoms with Crippen LogP contribution in [0.1, 0.15) is 29.5 Å². The number of likely N-dealkylation sites (tertiary alicyclic amines) is 1. The lowest BCUT2D eigenvalue weighted by Crippen LogP contribution is -2.48. The molecule has 11 heteroatoms. The van der Waals surface area contributed by atoms with Crippen molar-refractivity contribution in [2.75, 3.05) is 13.1 Å². The van der Waals surface area contributed by atoms with E-state index in [4.69, 9.17) is 5.73 Å². The molecular weight excluding hydrogens is 453 g/mol. The first-order valence-electron chi connectivity index (χ1n) is 10.8. The fourth-order valence-corrected chi connectivity index (χ4v) is 4.16. The molecule has 3 amide bonds. The average Bonchev–Trinajstić information content (AvgIpc) is 2.73. The quantitative estimate of drug-likeness (QED) is 0.610. The van der Waals surface area contributed by atoms with E-state index in [-0.39, 0.29) is 29.7 Å². The molecule has 1 aliphatic heterocycles. The van der Waals surface area contributed by atoms with Gasteiger partial charge >= 0.3 is 12.2 Å². The predicted molar refractivity (Wildman–Crippen MR) is 119 cm³/mol. The SMILES string of the molecule is Cc1cc(-c2cc(CC(=O)N3CCC(NC(N)=O)CC3)c(=O)n(CC(F)(F)F)c2)cc(C)c1O. The number of urea groups is 1. The number of nitrogens with one attached hydrogen (secondary N) is 1. The normalized spacial score (nSPS) is 14.8. The number of aryl methyl sites for hydroxylation is 2. The lowest BCUT2D eigenvalue weighted by Gasteiger charge is -2.32. The van der Waals surface area contributed by atoms with E-state index in [9.17, 15) is 32.7 Å². The smallest absolute Gasteiger partial charge is 0.406 e. The van der Waals surface area contributed by atoms with E-state index in [1.54, 1.807) is 26.0 Å². The number of rotatable bonds is 5. The zero-order valence-corrected chi connectivity index (χ0v) is 18.9. The van der Waals surface area contributed by atoms with Gasteiger partial charge in [-0.1, -0.05) is 0 Å². The van der Waals surface area contributed by atoms with Crippen LogP contribution in [0.2, 0.25) is 0 Å². The summed E-state index contributed by atoms with van der Waals surface area (Å²) < 4.78 is 40.0. The number of nitrogens with zero attached hydrogens (tertiary/aromatic N) is 2. The van der Waals surface area contributed by atoms with Gasteiger partial charge in [0.05, 0.1) is 6.42 Å². The van der Waals surface area contributed by atoms with E-state index in [0.717, 1.165) is 6.20 Å². The Morgan fingerprint density at radius 2 is 1.71 bits per heavy atom. The number of piperidine rings is 1. The van der Waals surface area contributed by atoms with Crippen LogP contribution in [0.5, 0.6) is 5.75 Å². The Morgan fingerprint density at radius 1 is 1.12 bits per heavy atom. The summed E-state index contributed by atoms with van der Waals surface area (Å²) in [6.07, 6.45) is -2.89. The molecule has 2 heterocycles. The van der Waals surface area contributed by atoms with Crippen LogP contribution >= 0.6 is 0 Å². The number of amides is 3. The number of primary amides is 1. The molecule has 1 aromatic heterocycles. The fraction of sp³-hybridized carbons (Fsp3) is 0.435. The van der Waals surface area contributed by atoms with Crippen LogP contribution in [0, 0.1) is 13.8 Å². The first-order valence-corrected chi connectivity index (χ1v) is 10.8. The molecule has 1 fully saturated rings. The zero-order chi connectivity index (χ0) is 25.2. The highest BCUT2D eigenvalue weighted by Gasteiger charge is 2.30. The van der Waals surface area contributed by atoms with Crippen molar-refractivity contribution in [1.82, 2.24) is 14.8 Å². The van der Waals surface area contributed by atoms with Crippen LogP contribution in [0.4, 0.5) is 18.0 Å². The van der Waals surface area contributed by atoms with Crippen LogP contribution in [-0.4, -0.2) is 51.8 Å². The van der Waals surface area contributed by atoms with Gasteiger partial charge in [0.15, 0.2) is 0 Å². The van der Waals surface area contributed by atoms with Crippen molar-refractivity contribution < 1.29 is 27.9 Å². The fourth-order valence-electron chi connectivity index (χ4n) is 4.16. The van der Waals surface area contributed by atoms with Gasteiger partial charge in [-0.25, -0.2) is 4.79 Å². The number of carbonyl (C=O) groups is 2. The second-order valence-corrected chi connectivity index (χ2v) is 8.60. The van der Waals surface area contributed by atoms with Crippen LogP contribution in [0.15, 0.2) is 29.2 Å². The van der Waals surface area contributed by atoms with Crippen molar-refractivity contribution in [1.29, 1.82) is 0 Å². The number of alkyl halides is 3. The van der Waals surface area contributed by atoms with Gasteiger partial charge in [-0.2, -0.15) is 13.2 Å². The first-order chi connectivity index (χ1) is 15.8. The summed E-state index contributed by atoms with van der Waals surface area (Å²) in [6.45, 7) is 2.51. The Hall–Kier alpha value is -3.50. The van der Waals surface area contributed by atoms with Crippen LogP contribution in [-0.2, 0) is 17.8 Å². The average molecular weight is 480 g/mol. The van der Waals surface area contributed by atoms with E-state index < -0.39 is 24.3 Å². The van der Waals surface area contributed by atoms with Gasteiger partial charge in [0.25, 0.3) is 5.56 Å². The standard InChI is InChI=1S/C23H27F3N4O4/c1-13-7-15(8-14(2)20(13)32)17-9-16(21(33)30(11-17)12-23(24,25)26)10-19(31)29-5-3-18(4-6-29)28-22(27)34/h7-9,11,18,32H,3-6,10,12H2,1-2H3,(H3,27,28,34). The molecule has 1 saturated heterocycles. The van der Waals surface area contributed by atoms with Gasteiger partial charge in [0, 0.05) is 30.9 Å². The Balaban J connectivity index is 1.91. The molecule has 184 valence electrons. The molecule has 0 bridgehead atoms. The number of nitrogens with two attached hydrogens (primary N) is 1. The largest absolute Gasteiger partial charge is 0.507 e. The van der Waals surface area contributed by atoms with E-state index in [1.165, 1.54) is 11.0 Å². The molecule has 0 radical (unpaired) electrons. The summed E-state index contributed by atoms with van der Waals surface area (Å²) in [5, 5.41) is 12.6. The molecule has 0 atom stereocenters. The number of hydrogen-bond donors (Lipinski definition) is 3. The molecule has 0 saturated carbocycles. The van der Waals surface area contributed by atoms with Gasteiger partial charge in [0.2, 0.25) is 5.91 Å². The number of phenolic OH excluding ortho intramolecular Hbond substituents is 1. The lowest BCUT2D eigenvalue weighted by molar-refractivity contribution is -0.141. The summed E-state index contributed by atoms with van der Waals surface area (Å²) in [5.41, 5.74) is 6.12. The molecule has 1 aliphatic rings. The summed E-state index contributed by atoms with van der Waals surface area (Å²) >= 11 is 0. The monoisotopic (exact) mass is 480 g/mol. The number of aromatic nitrogens is 1. The summed E-state index contributed by atoms with van der Waals surface area (Å²) in [5.74, 6) is -0.305. The van der Waals surface area contributed by atoms with Crippen LogP contribution in [0.25, 0.3) is 11.1 Å². The maximum Gasteiger partial charge on any atom is 0.406 e. The van der Waals surface area contributed by atoms with E-state index in [2.05, 4.69) is 5.32 Å². The zero-order valence-electron chi connectivity index (χ0n) is 18.9. The van der Waals surface area contributed by atoms with E-state index >= 15 is 0 Å². The molecule has 0 aliphatic carbocycles. The summed E-state index contributed by atoms with van der Waals surface area (Å²) in [7, 11) is 0. The first kappa shape index (κ1) is 25.1. The third-order valence-corrected chi connectivity index (χ3v) is 5.87. The Kier molecular flexibility index (Phi) is 7.23. The molecule has 1 aromatic carbocycles. The van der Waals surface area contributed by atoms with E-state index in [1.807, 2.05) is 0 Å². The van der Waals surface area contributed by atoms with Gasteiger partial charge in [-0.15, -0.1) is 0 Å². The second kappa shape index (κ2) is 9.78. The minimum atomic E-state index is -4.63. The number of phenols is 1. The maximum atomic E-state index is 13.1. The minimum Gasteiger partial charge on any atom is -0.507 e. The highest BCUT2D eigenvalue weighted by molar-refractivity contribution is 5.79. The van der Waals surface area contributed by atoms with Crippen molar-refractivity contribution in [3.05, 3.63) is 51.4 Å². The Bertz CT molecular complexity index is 1130. The van der Waals surface area contributed by atoms with Gasteiger partial charge in [-0.05, 0) is 67.1 Å². The maximum absolute atomic E-state index is 13.1. The number of aromatic hydroxyl groups is 1. The third-order valence-electron chi connectivity index (χ3n) is 5.87. The Morgan fingerprint density at radius 3 is 2.24 bits per heavy atom. The molecule has 8 nitrogen and oxygen atoms in total. The summed E-state index contributed by atoms with van der Waals surface area (Å²) in [6, 6.07) is 3.85. The van der Waals surface area contributed by atoms with Crippen molar-refractivity contribution in [3.8, 4) is 16.9 Å². The van der Waals surface area contributed by atoms with Crippen molar-refractivity contribution >= 4 is 11.9 Å². The number of carbonyl (C=O) groups excluding carboxylic acids is 2. The topological polar surface area (TPSA) is 118 Å². The summed E-state index contributed by atoms with van der Waals surface area (Å²) in [4.78, 5) is 38.2. The number of halogens is 3. The Labute approximate surface area is 194 Å². The highest BCUT2D eigenvalue weighted by atomic mass is 19.4. The molecule has 0 spiro atoms. The third kappa shape index (κ3) is 6.09. The molecule has 3 rings (SSSR count). The molecular formula is C23H27F3N4O4. The molecule has 2 aromatic rings. The predicted octanol–water partition coefficient (Wildman–Crippen LogP) is 2.60. The highest BCUT2D eigenvalue weighted by Crippen LogP contribution is 2.29. The van der Waals surface area contributed by atoms with Crippen LogP contribution < -0.4 is 16.6 Å².